The molecular weight excluding hydrogens is 1100 g/mol. The van der Waals surface area contributed by atoms with Gasteiger partial charge in [0, 0.05) is 61.6 Å². The lowest BCUT2D eigenvalue weighted by Gasteiger charge is -2.46. The molecule has 2 aromatic heterocycles. The van der Waals surface area contributed by atoms with Crippen molar-refractivity contribution in [2.24, 2.45) is 0 Å². The number of aromatic nitrogens is 2. The molecule has 4 aliphatic heterocycles. The van der Waals surface area contributed by atoms with E-state index in [1.807, 2.05) is 0 Å². The first-order valence-electron chi connectivity index (χ1n) is 23.3. The van der Waals surface area contributed by atoms with E-state index in [9.17, 15) is 52.8 Å². The molecule has 4 atom stereocenters. The van der Waals surface area contributed by atoms with E-state index in [1.165, 1.54) is 85.1 Å². The van der Waals surface area contributed by atoms with Gasteiger partial charge in [-0.15, -0.1) is 0 Å². The third-order valence-electron chi connectivity index (χ3n) is 13.1. The lowest BCUT2D eigenvalue weighted by atomic mass is 9.97. The van der Waals surface area contributed by atoms with Gasteiger partial charge in [0.2, 0.25) is 0 Å². The van der Waals surface area contributed by atoms with E-state index in [0.29, 0.717) is 0 Å². The number of ether oxygens (including phenoxy) is 4. The number of hydrogen-bond acceptors (Lipinski definition) is 14. The topological polar surface area (TPSA) is 228 Å². The van der Waals surface area contributed by atoms with Crippen LogP contribution in [0.15, 0.2) is 107 Å². The minimum Gasteiger partial charge on any atom is -0.495 e. The van der Waals surface area contributed by atoms with E-state index in [0.717, 1.165) is 45.0 Å². The molecule has 20 nitrogen and oxygen atoms in total. The summed E-state index contributed by atoms with van der Waals surface area (Å²) < 4.78 is 199. The molecule has 4 aliphatic rings. The average molecular weight is 1140 g/mol. The zero-order valence-electron chi connectivity index (χ0n) is 40.6. The normalized spacial score (nSPS) is 20.5. The third kappa shape index (κ3) is 11.6. The molecule has 2 N–H and O–H groups in total. The molecule has 6 heterocycles. The molecule has 0 radical (unpaired) electrons. The summed E-state index contributed by atoms with van der Waals surface area (Å²) in [7, 11) is -5.44. The number of fused-ring (bicyclic) bond motifs is 2. The Kier molecular flexibility index (Phi) is 15.5. The van der Waals surface area contributed by atoms with Gasteiger partial charge >= 0.3 is 32.8 Å². The molecule has 0 aliphatic carbocycles. The monoisotopic (exact) mass is 1140 g/mol. The Labute approximate surface area is 438 Å². The van der Waals surface area contributed by atoms with Gasteiger partial charge in [-0.25, -0.2) is 8.78 Å². The maximum absolute atomic E-state index is 15.4. The van der Waals surface area contributed by atoms with E-state index in [1.54, 1.807) is 0 Å². The molecule has 4 saturated heterocycles. The minimum atomic E-state index is -4.61. The largest absolute Gasteiger partial charge is 0.495 e. The third-order valence-corrected chi connectivity index (χ3v) is 16.1. The summed E-state index contributed by atoms with van der Waals surface area (Å²) in [5.41, 5.74) is -2.07. The smallest absolute Gasteiger partial charge is 0.416 e. The van der Waals surface area contributed by atoms with Crippen LogP contribution in [0.3, 0.4) is 0 Å². The van der Waals surface area contributed by atoms with Gasteiger partial charge < -0.3 is 37.8 Å². The van der Waals surface area contributed by atoms with Crippen LogP contribution in [0.4, 0.5) is 58.1 Å². The summed E-state index contributed by atoms with van der Waals surface area (Å²) in [5, 5.41) is 7.06. The quantitative estimate of drug-likeness (QED) is 0.114. The number of rotatable bonds is 12. The second-order valence-electron chi connectivity index (χ2n) is 17.8. The van der Waals surface area contributed by atoms with Crippen molar-refractivity contribution in [3.05, 3.63) is 120 Å². The van der Waals surface area contributed by atoms with Gasteiger partial charge in [0.25, 0.3) is 11.8 Å². The number of methoxy groups -OCH3 is 2. The molecule has 10 rings (SSSR count). The molecule has 0 saturated carbocycles. The first-order valence-corrected chi connectivity index (χ1v) is 26.2. The average Bonchev–Trinajstić information content (AvgIpc) is 4.17. The molecule has 4 fully saturated rings. The van der Waals surface area contributed by atoms with Gasteiger partial charge in [0.05, 0.1) is 61.0 Å². The SMILES string of the molecule is COc1cc(-c2cccc(C(F)(F)F)c2)c(F)cc1N1C(=O)CO[C@@H]2CN(S(=O)(=O)Nc3ccon3)CC[C@H]21.COc1cc(-c2cccc(C(F)(F)F)c2)c(F)cc1N1C(=O)CO[C@H]2CN(S(=O)(=O)Nc3ccon3)CC[C@@H]21. The summed E-state index contributed by atoms with van der Waals surface area (Å²) in [6.45, 7) is -0.982. The van der Waals surface area contributed by atoms with Gasteiger partial charge in [-0.3, -0.25) is 19.0 Å². The van der Waals surface area contributed by atoms with Gasteiger partial charge in [0.1, 0.15) is 48.9 Å². The van der Waals surface area contributed by atoms with E-state index in [-0.39, 0.29) is 95.8 Å². The number of benzene rings is 4. The molecule has 0 bridgehead atoms. The molecular formula is C48H44F8N8O12S2. The Morgan fingerprint density at radius 1 is 0.590 bits per heavy atom. The summed E-state index contributed by atoms with van der Waals surface area (Å²) in [6.07, 6.45) is -8.00. The minimum absolute atomic E-state index is 0.000405. The standard InChI is InChI=1S/2C24H22F4N4O6S/c2*1-36-20-10-16(14-3-2-4-15(9-14)24(26,27)28)17(25)11-19(20)32-18-5-7-31(12-21(18)37-13-23(32)33)39(34,35)30-22-6-8-38-29-22/h2*2-4,6,8-11,18,21H,5,7,12-13H2,1H3,(H,29,30)/t2*18-,21-/m10/s1. The maximum Gasteiger partial charge on any atom is 0.416 e. The molecule has 30 heteroatoms. The molecule has 416 valence electrons. The number of halogens is 8. The van der Waals surface area contributed by atoms with Gasteiger partial charge in [-0.1, -0.05) is 34.6 Å². The van der Waals surface area contributed by atoms with Crippen molar-refractivity contribution in [2.75, 3.05) is 72.9 Å². The van der Waals surface area contributed by atoms with Crippen LogP contribution in [0.25, 0.3) is 22.3 Å². The van der Waals surface area contributed by atoms with Crippen molar-refractivity contribution in [2.45, 2.75) is 49.5 Å². The molecule has 0 unspecified atom stereocenters. The predicted octanol–water partition coefficient (Wildman–Crippen LogP) is 7.34. The van der Waals surface area contributed by atoms with Crippen LogP contribution >= 0.6 is 0 Å². The second-order valence-corrected chi connectivity index (χ2v) is 21.1. The molecule has 6 aromatic rings. The highest BCUT2D eigenvalue weighted by Gasteiger charge is 2.47. The number of hydrogen-bond donors (Lipinski definition) is 2. The van der Waals surface area contributed by atoms with Gasteiger partial charge in [0.15, 0.2) is 11.6 Å². The number of piperidine rings is 2. The number of carbonyl (C=O) groups is 2. The summed E-state index contributed by atoms with van der Waals surface area (Å²) >= 11 is 0. The Hall–Kier alpha value is -7.38. The number of nitrogens with zero attached hydrogens (tertiary/aromatic N) is 6. The summed E-state index contributed by atoms with van der Waals surface area (Å²) in [6, 6.07) is 14.4. The van der Waals surface area contributed by atoms with E-state index in [2.05, 4.69) is 28.8 Å². The lowest BCUT2D eigenvalue weighted by molar-refractivity contribution is -0.138. The number of nitrogens with one attached hydrogen (secondary N) is 2. The second kappa shape index (κ2) is 21.8. The Morgan fingerprint density at radius 2 is 0.987 bits per heavy atom. The van der Waals surface area contributed by atoms with Crippen LogP contribution in [-0.2, 0) is 51.8 Å². The van der Waals surface area contributed by atoms with Gasteiger partial charge in [-0.2, -0.15) is 51.8 Å². The van der Waals surface area contributed by atoms with Crippen LogP contribution < -0.4 is 28.7 Å². The zero-order valence-corrected chi connectivity index (χ0v) is 42.3. The number of amides is 2. The number of alkyl halides is 6. The summed E-state index contributed by atoms with van der Waals surface area (Å²) in [4.78, 5) is 28.5. The van der Waals surface area contributed by atoms with Crippen molar-refractivity contribution in [1.29, 1.82) is 0 Å². The van der Waals surface area contributed by atoms with Crippen molar-refractivity contribution in [1.82, 2.24) is 18.9 Å². The Balaban J connectivity index is 0.000000190. The van der Waals surface area contributed by atoms with Crippen LogP contribution in [0.1, 0.15) is 24.0 Å². The van der Waals surface area contributed by atoms with Crippen LogP contribution in [0, 0.1) is 11.6 Å². The van der Waals surface area contributed by atoms with Crippen LogP contribution in [0.2, 0.25) is 0 Å². The number of morpholine rings is 2. The highest BCUT2D eigenvalue weighted by molar-refractivity contribution is 7.90. The van der Waals surface area contributed by atoms with Crippen molar-refractivity contribution < 1.29 is 89.5 Å². The highest BCUT2D eigenvalue weighted by Crippen LogP contribution is 2.43. The fourth-order valence-corrected chi connectivity index (χ4v) is 11.9. The van der Waals surface area contributed by atoms with E-state index >= 15 is 8.78 Å². The van der Waals surface area contributed by atoms with Crippen LogP contribution in [0.5, 0.6) is 11.5 Å². The highest BCUT2D eigenvalue weighted by atomic mass is 32.2. The Morgan fingerprint density at radius 3 is 1.33 bits per heavy atom. The lowest BCUT2D eigenvalue weighted by Crippen LogP contribution is -2.62. The van der Waals surface area contributed by atoms with E-state index < -0.39 is 105 Å². The van der Waals surface area contributed by atoms with Crippen molar-refractivity contribution >= 4 is 55.2 Å². The van der Waals surface area contributed by atoms with Gasteiger partial charge in [-0.05, 0) is 60.4 Å². The predicted molar refractivity (Wildman–Crippen MR) is 259 cm³/mol. The first kappa shape index (κ1) is 55.4. The van der Waals surface area contributed by atoms with Crippen molar-refractivity contribution in [3.63, 3.8) is 0 Å². The molecule has 78 heavy (non-hydrogen) atoms. The van der Waals surface area contributed by atoms with Crippen molar-refractivity contribution in [3.8, 4) is 33.8 Å². The zero-order chi connectivity index (χ0) is 55.9. The fraction of sp³-hybridized carbons (Fsp3) is 0.333. The molecule has 0 spiro atoms. The van der Waals surface area contributed by atoms with E-state index in [4.69, 9.17) is 18.9 Å². The van der Waals surface area contributed by atoms with Crippen LogP contribution in [-0.4, -0.2) is 125 Å². The Bertz CT molecular complexity index is 3190. The fourth-order valence-electron chi connectivity index (χ4n) is 9.48. The molecule has 2 amide bonds. The number of carbonyl (C=O) groups excluding carboxylic acids is 2. The number of anilines is 4. The summed E-state index contributed by atoms with van der Waals surface area (Å²) in [5.74, 6) is -2.62. The first-order chi connectivity index (χ1) is 36.9. The molecule has 4 aromatic carbocycles. The maximum atomic E-state index is 15.4.